The van der Waals surface area contributed by atoms with Crippen LogP contribution in [-0.2, 0) is 0 Å². The summed E-state index contributed by atoms with van der Waals surface area (Å²) in [5.41, 5.74) is 1.54. The molecule has 1 aromatic carbocycles. The first-order chi connectivity index (χ1) is 8.06. The molecule has 0 unspecified atom stereocenters. The Morgan fingerprint density at radius 3 is 2.59 bits per heavy atom. The monoisotopic (exact) mass is 231 g/mol. The highest BCUT2D eigenvalue weighted by Crippen LogP contribution is 2.19. The van der Waals surface area contributed by atoms with Crippen molar-refractivity contribution in [2.24, 2.45) is 5.92 Å². The predicted molar refractivity (Wildman–Crippen MR) is 68.4 cm³/mol. The molecule has 0 atom stereocenters. The van der Waals surface area contributed by atoms with Crippen molar-refractivity contribution in [3.8, 4) is 11.8 Å². The van der Waals surface area contributed by atoms with Crippen LogP contribution in [0, 0.1) is 23.6 Å². The fourth-order valence-corrected chi connectivity index (χ4v) is 2.05. The van der Waals surface area contributed by atoms with E-state index in [0.29, 0.717) is 5.92 Å². The van der Waals surface area contributed by atoms with Crippen LogP contribution in [0.2, 0.25) is 0 Å². The van der Waals surface area contributed by atoms with E-state index in [2.05, 4.69) is 23.8 Å². The summed E-state index contributed by atoms with van der Waals surface area (Å²) >= 11 is 0. The molecule has 1 aromatic rings. The number of hydrogen-bond donors (Lipinski definition) is 0. The van der Waals surface area contributed by atoms with Crippen molar-refractivity contribution in [3.05, 3.63) is 35.1 Å². The van der Waals surface area contributed by atoms with Gasteiger partial charge in [-0.3, -0.25) is 0 Å². The largest absolute Gasteiger partial charge is 0.304 e. The van der Waals surface area contributed by atoms with Gasteiger partial charge in [0.2, 0.25) is 0 Å². The van der Waals surface area contributed by atoms with Gasteiger partial charge in [0, 0.05) is 24.6 Å². The Morgan fingerprint density at radius 1 is 1.35 bits per heavy atom. The van der Waals surface area contributed by atoms with Gasteiger partial charge in [0.15, 0.2) is 0 Å². The molecule has 0 saturated carbocycles. The van der Waals surface area contributed by atoms with Crippen LogP contribution in [0.5, 0.6) is 0 Å². The van der Waals surface area contributed by atoms with E-state index in [1.165, 1.54) is 0 Å². The van der Waals surface area contributed by atoms with Gasteiger partial charge in [-0.2, -0.15) is 0 Å². The third kappa shape index (κ3) is 2.87. The minimum Gasteiger partial charge on any atom is -0.304 e. The molecule has 2 rings (SSSR count). The molecule has 0 spiro atoms. The first kappa shape index (κ1) is 12.1. The van der Waals surface area contributed by atoms with E-state index in [1.54, 1.807) is 6.07 Å². The highest BCUT2D eigenvalue weighted by atomic mass is 19.1. The van der Waals surface area contributed by atoms with E-state index in [4.69, 9.17) is 0 Å². The van der Waals surface area contributed by atoms with Crippen LogP contribution in [-0.4, -0.2) is 25.0 Å². The highest BCUT2D eigenvalue weighted by molar-refractivity contribution is 5.38. The highest BCUT2D eigenvalue weighted by Gasteiger charge is 2.20. The van der Waals surface area contributed by atoms with Crippen LogP contribution in [0.3, 0.4) is 0 Å². The van der Waals surface area contributed by atoms with Gasteiger partial charge in [-0.05, 0) is 30.7 Å². The van der Waals surface area contributed by atoms with E-state index in [-0.39, 0.29) is 11.7 Å². The minimum absolute atomic E-state index is 0.141. The van der Waals surface area contributed by atoms with Crippen molar-refractivity contribution in [3.63, 3.8) is 0 Å². The van der Waals surface area contributed by atoms with Gasteiger partial charge >= 0.3 is 0 Å². The molecular formula is C15H18FN. The Bertz CT molecular complexity index is 462. The predicted octanol–water partition coefficient (Wildman–Crippen LogP) is 2.86. The average molecular weight is 231 g/mol. The number of hydrogen-bond acceptors (Lipinski definition) is 1. The molecule has 90 valence electrons. The first-order valence-electron chi connectivity index (χ1n) is 6.06. The lowest BCUT2D eigenvalue weighted by atomic mass is 9.99. The summed E-state index contributed by atoms with van der Waals surface area (Å²) in [4.78, 5) is 2.22. The summed E-state index contributed by atoms with van der Waals surface area (Å²) in [6, 6.07) is 5.30. The third-order valence-corrected chi connectivity index (χ3v) is 3.11. The van der Waals surface area contributed by atoms with Crippen LogP contribution in [0.1, 0.15) is 30.9 Å². The molecule has 0 amide bonds. The second-order valence-corrected chi connectivity index (χ2v) is 5.08. The van der Waals surface area contributed by atoms with Crippen molar-refractivity contribution < 1.29 is 4.39 Å². The summed E-state index contributed by atoms with van der Waals surface area (Å²) in [5.74, 6) is 6.77. The average Bonchev–Trinajstić information content (AvgIpc) is 2.22. The molecule has 0 radical (unpaired) electrons. The summed E-state index contributed by atoms with van der Waals surface area (Å²) in [5, 5.41) is 0. The zero-order valence-electron chi connectivity index (χ0n) is 10.6. The van der Waals surface area contributed by atoms with E-state index >= 15 is 0 Å². The number of halogens is 1. The molecule has 1 saturated heterocycles. The van der Waals surface area contributed by atoms with E-state index in [9.17, 15) is 4.39 Å². The second kappa shape index (κ2) is 4.89. The molecule has 1 aliphatic rings. The lowest BCUT2D eigenvalue weighted by molar-refractivity contribution is 0.177. The number of rotatable bonds is 1. The Hall–Kier alpha value is -1.33. The maximum atomic E-state index is 13.7. The maximum absolute atomic E-state index is 13.7. The quantitative estimate of drug-likeness (QED) is 0.672. The van der Waals surface area contributed by atoms with Crippen molar-refractivity contribution in [2.75, 3.05) is 20.1 Å². The van der Waals surface area contributed by atoms with Gasteiger partial charge < -0.3 is 4.90 Å². The topological polar surface area (TPSA) is 3.24 Å². The van der Waals surface area contributed by atoms with Gasteiger partial charge in [0.1, 0.15) is 5.82 Å². The number of likely N-dealkylation sites (tertiary alicyclic amines) is 1. The molecule has 1 fully saturated rings. The SMILES string of the molecule is CC(C)c1ccc(C#CC2CN(C)C2)cc1F. The molecule has 1 heterocycles. The molecule has 0 aliphatic carbocycles. The molecule has 0 bridgehead atoms. The van der Waals surface area contributed by atoms with E-state index in [1.807, 2.05) is 26.0 Å². The first-order valence-corrected chi connectivity index (χ1v) is 6.06. The Labute approximate surface area is 103 Å². The molecule has 2 heteroatoms. The third-order valence-electron chi connectivity index (χ3n) is 3.11. The smallest absolute Gasteiger partial charge is 0.127 e. The zero-order valence-corrected chi connectivity index (χ0v) is 10.6. The maximum Gasteiger partial charge on any atom is 0.127 e. The van der Waals surface area contributed by atoms with Crippen LogP contribution in [0.25, 0.3) is 0 Å². The fourth-order valence-electron chi connectivity index (χ4n) is 2.05. The van der Waals surface area contributed by atoms with Gasteiger partial charge in [-0.15, -0.1) is 0 Å². The molecule has 1 aliphatic heterocycles. The Morgan fingerprint density at radius 2 is 2.06 bits per heavy atom. The van der Waals surface area contributed by atoms with Crippen molar-refractivity contribution in [1.82, 2.24) is 4.90 Å². The molecule has 0 aromatic heterocycles. The van der Waals surface area contributed by atoms with Gasteiger partial charge in [-0.25, -0.2) is 4.39 Å². The van der Waals surface area contributed by atoms with Crippen LogP contribution < -0.4 is 0 Å². The molecule has 0 N–H and O–H groups in total. The Kier molecular flexibility index (Phi) is 3.49. The lowest BCUT2D eigenvalue weighted by Gasteiger charge is -2.32. The van der Waals surface area contributed by atoms with Crippen LogP contribution >= 0.6 is 0 Å². The Balaban J connectivity index is 2.10. The van der Waals surface area contributed by atoms with E-state index < -0.39 is 0 Å². The van der Waals surface area contributed by atoms with Crippen LogP contribution in [0.4, 0.5) is 4.39 Å². The molecular weight excluding hydrogens is 213 g/mol. The summed E-state index contributed by atoms with van der Waals surface area (Å²) in [6.45, 7) is 6.04. The number of nitrogens with zero attached hydrogens (tertiary/aromatic N) is 1. The van der Waals surface area contributed by atoms with Gasteiger partial charge in [0.25, 0.3) is 0 Å². The van der Waals surface area contributed by atoms with Crippen molar-refractivity contribution in [2.45, 2.75) is 19.8 Å². The second-order valence-electron chi connectivity index (χ2n) is 5.08. The summed E-state index contributed by atoms with van der Waals surface area (Å²) in [6.07, 6.45) is 0. The standard InChI is InChI=1S/C15H18FN/c1-11(2)14-7-6-12(8-15(14)16)4-5-13-9-17(3)10-13/h6-8,11,13H,9-10H2,1-3H3. The van der Waals surface area contributed by atoms with Crippen molar-refractivity contribution in [1.29, 1.82) is 0 Å². The minimum atomic E-state index is -0.141. The normalized spacial score (nSPS) is 16.5. The molecule has 1 nitrogen and oxygen atoms in total. The van der Waals surface area contributed by atoms with Crippen molar-refractivity contribution >= 4 is 0 Å². The van der Waals surface area contributed by atoms with Crippen LogP contribution in [0.15, 0.2) is 18.2 Å². The van der Waals surface area contributed by atoms with E-state index in [0.717, 1.165) is 24.2 Å². The summed E-state index contributed by atoms with van der Waals surface area (Å²) < 4.78 is 13.7. The van der Waals surface area contributed by atoms with Gasteiger partial charge in [-0.1, -0.05) is 31.8 Å². The summed E-state index contributed by atoms with van der Waals surface area (Å²) in [7, 11) is 2.08. The molecule has 17 heavy (non-hydrogen) atoms. The van der Waals surface area contributed by atoms with Gasteiger partial charge in [0.05, 0.1) is 0 Å². The number of benzene rings is 1. The lowest BCUT2D eigenvalue weighted by Crippen LogP contribution is -2.42. The zero-order chi connectivity index (χ0) is 12.4. The fraction of sp³-hybridized carbons (Fsp3) is 0.467.